The summed E-state index contributed by atoms with van der Waals surface area (Å²) < 4.78 is 42.0. The molecule has 4 rings (SSSR count). The summed E-state index contributed by atoms with van der Waals surface area (Å²) in [6.07, 6.45) is 0. The second kappa shape index (κ2) is 7.44. The molecule has 1 aromatic heterocycles. The minimum Gasteiger partial charge on any atom is -0.294 e. The molecule has 1 aliphatic heterocycles. The normalized spacial score (nSPS) is 16.8. The molecule has 1 aliphatic rings. The van der Waals surface area contributed by atoms with Crippen molar-refractivity contribution in [2.24, 2.45) is 0 Å². The van der Waals surface area contributed by atoms with Crippen LogP contribution >= 0.6 is 22.9 Å². The zero-order valence-electron chi connectivity index (χ0n) is 14.3. The molecule has 0 bridgehead atoms. The molecule has 0 N–H and O–H groups in total. The first-order valence-electron chi connectivity index (χ1n) is 8.45. The van der Waals surface area contributed by atoms with Crippen LogP contribution in [0.1, 0.15) is 5.01 Å². The topological polar surface area (TPSA) is 53.5 Å². The van der Waals surface area contributed by atoms with E-state index in [1.807, 2.05) is 24.3 Å². The van der Waals surface area contributed by atoms with Gasteiger partial charge in [0.1, 0.15) is 15.7 Å². The van der Waals surface area contributed by atoms with Gasteiger partial charge in [-0.15, -0.1) is 11.3 Å². The number of thiazole rings is 1. The average Bonchev–Trinajstić information content (AvgIpc) is 3.04. The highest BCUT2D eigenvalue weighted by Crippen LogP contribution is 2.25. The lowest BCUT2D eigenvalue weighted by molar-refractivity contribution is 0.181. The van der Waals surface area contributed by atoms with Crippen LogP contribution in [0, 0.1) is 5.82 Å². The summed E-state index contributed by atoms with van der Waals surface area (Å²) in [4.78, 5) is 6.47. The minimum absolute atomic E-state index is 0.173. The summed E-state index contributed by atoms with van der Waals surface area (Å²) in [5.41, 5.74) is 0.983. The van der Waals surface area contributed by atoms with E-state index in [1.165, 1.54) is 16.4 Å². The van der Waals surface area contributed by atoms with E-state index in [0.29, 0.717) is 32.7 Å². The van der Waals surface area contributed by atoms with E-state index in [1.54, 1.807) is 11.3 Å². The third kappa shape index (κ3) is 3.86. The molecule has 0 atom stereocenters. The van der Waals surface area contributed by atoms with Gasteiger partial charge in [0, 0.05) is 31.2 Å². The van der Waals surface area contributed by atoms with Crippen LogP contribution in [0.4, 0.5) is 4.39 Å². The van der Waals surface area contributed by atoms with E-state index >= 15 is 0 Å². The fraction of sp³-hybridized carbons (Fsp3) is 0.278. The maximum Gasteiger partial charge on any atom is 0.246 e. The Morgan fingerprint density at radius 1 is 1.11 bits per heavy atom. The zero-order valence-corrected chi connectivity index (χ0v) is 16.7. The first kappa shape index (κ1) is 18.8. The number of piperazine rings is 1. The van der Waals surface area contributed by atoms with Crippen LogP contribution in [0.5, 0.6) is 0 Å². The highest BCUT2D eigenvalue weighted by molar-refractivity contribution is 7.89. The van der Waals surface area contributed by atoms with Crippen LogP contribution in [0.3, 0.4) is 0 Å². The Bertz CT molecular complexity index is 1050. The molecule has 142 valence electrons. The molecule has 0 spiro atoms. The third-order valence-electron chi connectivity index (χ3n) is 4.54. The van der Waals surface area contributed by atoms with E-state index < -0.39 is 15.8 Å². The van der Waals surface area contributed by atoms with Gasteiger partial charge >= 0.3 is 0 Å². The lowest BCUT2D eigenvalue weighted by Crippen LogP contribution is -2.48. The van der Waals surface area contributed by atoms with Gasteiger partial charge in [-0.2, -0.15) is 4.31 Å². The number of rotatable bonds is 4. The van der Waals surface area contributed by atoms with Crippen LogP contribution in [0.25, 0.3) is 10.2 Å². The summed E-state index contributed by atoms with van der Waals surface area (Å²) in [6, 6.07) is 11.6. The molecule has 0 saturated carbocycles. The van der Waals surface area contributed by atoms with Crippen LogP contribution in [0.15, 0.2) is 47.4 Å². The number of hydrogen-bond acceptors (Lipinski definition) is 5. The summed E-state index contributed by atoms with van der Waals surface area (Å²) in [6.45, 7) is 2.46. The molecule has 3 aromatic rings. The third-order valence-corrected chi connectivity index (χ3v) is 7.73. The second-order valence-electron chi connectivity index (χ2n) is 6.33. The van der Waals surface area contributed by atoms with E-state index in [4.69, 9.17) is 11.6 Å². The second-order valence-corrected chi connectivity index (χ2v) is 9.79. The molecule has 1 saturated heterocycles. The predicted molar refractivity (Wildman–Crippen MR) is 105 cm³/mol. The summed E-state index contributed by atoms with van der Waals surface area (Å²) in [5.74, 6) is -0.820. The standard InChI is InChI=1S/C18H17ClFN3O2S2/c19-13-5-6-17(14(20)11-13)27(24,25)23-9-7-22(8-10-23)12-18-21-15-3-1-2-4-16(15)26-18/h1-6,11H,7-10,12H2. The number of halogens is 2. The highest BCUT2D eigenvalue weighted by atomic mass is 35.5. The zero-order chi connectivity index (χ0) is 19.0. The number of sulfonamides is 1. The maximum atomic E-state index is 14.1. The van der Waals surface area contributed by atoms with Crippen molar-refractivity contribution in [1.29, 1.82) is 0 Å². The number of nitrogens with zero attached hydrogens (tertiary/aromatic N) is 3. The molecule has 27 heavy (non-hydrogen) atoms. The minimum atomic E-state index is -3.87. The summed E-state index contributed by atoms with van der Waals surface area (Å²) >= 11 is 7.37. The van der Waals surface area contributed by atoms with Gasteiger partial charge < -0.3 is 0 Å². The Kier molecular flexibility index (Phi) is 5.17. The fourth-order valence-corrected chi connectivity index (χ4v) is 5.77. The highest BCUT2D eigenvalue weighted by Gasteiger charge is 2.30. The molecule has 5 nitrogen and oxygen atoms in total. The molecular formula is C18H17ClFN3O2S2. The molecule has 0 aliphatic carbocycles. The van der Waals surface area contributed by atoms with Crippen molar-refractivity contribution in [2.75, 3.05) is 26.2 Å². The Morgan fingerprint density at radius 2 is 1.85 bits per heavy atom. The Hall–Kier alpha value is -1.58. The lowest BCUT2D eigenvalue weighted by Gasteiger charge is -2.33. The monoisotopic (exact) mass is 425 g/mol. The first-order chi connectivity index (χ1) is 12.9. The van der Waals surface area contributed by atoms with Crippen LogP contribution in [-0.4, -0.2) is 48.8 Å². The summed E-state index contributed by atoms with van der Waals surface area (Å²) in [5, 5.41) is 1.18. The van der Waals surface area contributed by atoms with Crippen LogP contribution < -0.4 is 0 Å². The average molecular weight is 426 g/mol. The molecule has 2 aromatic carbocycles. The van der Waals surface area contributed by atoms with E-state index in [0.717, 1.165) is 21.3 Å². The van der Waals surface area contributed by atoms with Gasteiger partial charge in [-0.3, -0.25) is 4.90 Å². The predicted octanol–water partition coefficient (Wildman–Crippen LogP) is 3.60. The number of fused-ring (bicyclic) bond motifs is 1. The van der Waals surface area contributed by atoms with Gasteiger partial charge in [-0.25, -0.2) is 17.8 Å². The SMILES string of the molecule is O=S(=O)(c1ccc(Cl)cc1F)N1CCN(Cc2nc3ccccc3s2)CC1. The van der Waals surface area contributed by atoms with E-state index in [9.17, 15) is 12.8 Å². The molecule has 9 heteroatoms. The largest absolute Gasteiger partial charge is 0.294 e. The van der Waals surface area contributed by atoms with Crippen molar-refractivity contribution < 1.29 is 12.8 Å². The van der Waals surface area contributed by atoms with Crippen molar-refractivity contribution in [3.63, 3.8) is 0 Å². The van der Waals surface area contributed by atoms with E-state index in [2.05, 4.69) is 9.88 Å². The van der Waals surface area contributed by atoms with Gasteiger partial charge in [0.25, 0.3) is 0 Å². The Labute approximate surface area is 166 Å². The van der Waals surface area contributed by atoms with E-state index in [-0.39, 0.29) is 9.92 Å². The van der Waals surface area contributed by atoms with Crippen molar-refractivity contribution in [1.82, 2.24) is 14.2 Å². The molecule has 0 unspecified atom stereocenters. The molecule has 0 amide bonds. The Balaban J connectivity index is 1.43. The first-order valence-corrected chi connectivity index (χ1v) is 11.1. The van der Waals surface area contributed by atoms with Crippen LogP contribution in [0.2, 0.25) is 5.02 Å². The van der Waals surface area contributed by atoms with Gasteiger partial charge in [0.05, 0.1) is 16.8 Å². The maximum absolute atomic E-state index is 14.1. The fourth-order valence-electron chi connectivity index (χ4n) is 3.13. The smallest absolute Gasteiger partial charge is 0.246 e. The van der Waals surface area contributed by atoms with Crippen molar-refractivity contribution in [3.8, 4) is 0 Å². The van der Waals surface area contributed by atoms with Crippen molar-refractivity contribution in [2.45, 2.75) is 11.4 Å². The number of aromatic nitrogens is 1. The Morgan fingerprint density at radius 3 is 2.56 bits per heavy atom. The van der Waals surface area contributed by atoms with Crippen molar-refractivity contribution in [3.05, 3.63) is 58.3 Å². The number of para-hydroxylation sites is 1. The number of benzene rings is 2. The van der Waals surface area contributed by atoms with Crippen LogP contribution in [-0.2, 0) is 16.6 Å². The van der Waals surface area contributed by atoms with Crippen molar-refractivity contribution >= 4 is 43.2 Å². The number of hydrogen-bond donors (Lipinski definition) is 0. The van der Waals surface area contributed by atoms with Gasteiger partial charge in [0.2, 0.25) is 10.0 Å². The molecule has 2 heterocycles. The summed E-state index contributed by atoms with van der Waals surface area (Å²) in [7, 11) is -3.87. The van der Waals surface area contributed by atoms with Gasteiger partial charge in [-0.05, 0) is 30.3 Å². The van der Waals surface area contributed by atoms with Gasteiger partial charge in [0.15, 0.2) is 0 Å². The van der Waals surface area contributed by atoms with Gasteiger partial charge in [-0.1, -0.05) is 23.7 Å². The molecule has 1 fully saturated rings. The molecule has 0 radical (unpaired) electrons. The lowest BCUT2D eigenvalue weighted by atomic mass is 10.3. The quantitative estimate of drug-likeness (QED) is 0.641. The molecular weight excluding hydrogens is 409 g/mol.